The smallest absolute Gasteiger partial charge is 0.302 e. The van der Waals surface area contributed by atoms with E-state index in [1.54, 1.807) is 6.07 Å². The van der Waals surface area contributed by atoms with Crippen molar-refractivity contribution in [1.29, 1.82) is 0 Å². The third-order valence-electron chi connectivity index (χ3n) is 6.49. The Kier molecular flexibility index (Phi) is 6.05. The monoisotopic (exact) mass is 525 g/mol. The molecule has 0 aliphatic carbocycles. The number of halogens is 1. The summed E-state index contributed by atoms with van der Waals surface area (Å²) in [5, 5.41) is 9.81. The molecule has 1 atom stereocenters. The first kappa shape index (κ1) is 23.7. The zero-order chi connectivity index (χ0) is 26.2. The van der Waals surface area contributed by atoms with E-state index in [0.29, 0.717) is 33.4 Å². The Morgan fingerprint density at radius 1 is 1.03 bits per heavy atom. The second-order valence-electron chi connectivity index (χ2n) is 8.94. The minimum atomic E-state index is -0.655. The highest BCUT2D eigenvalue weighted by atomic mass is 35.5. The van der Waals surface area contributed by atoms with Crippen LogP contribution in [0.1, 0.15) is 24.4 Å². The maximum Gasteiger partial charge on any atom is 0.302 e. The van der Waals surface area contributed by atoms with Gasteiger partial charge in [-0.1, -0.05) is 54.1 Å². The average Bonchev–Trinajstić information content (AvgIpc) is 3.47. The number of allylic oxidation sites excluding steroid dienone is 1. The normalized spacial score (nSPS) is 15.4. The van der Waals surface area contributed by atoms with E-state index in [-0.39, 0.29) is 18.5 Å². The Labute approximate surface area is 223 Å². The van der Waals surface area contributed by atoms with Crippen molar-refractivity contribution in [2.45, 2.75) is 19.5 Å². The molecule has 0 spiro atoms. The van der Waals surface area contributed by atoms with Crippen LogP contribution in [0.25, 0.3) is 22.1 Å². The predicted molar refractivity (Wildman–Crippen MR) is 148 cm³/mol. The van der Waals surface area contributed by atoms with Crippen LogP contribution in [0, 0.1) is 0 Å². The quantitative estimate of drug-likeness (QED) is 0.295. The Morgan fingerprint density at radius 2 is 1.76 bits per heavy atom. The summed E-state index contributed by atoms with van der Waals surface area (Å²) in [6.45, 7) is 2.09. The van der Waals surface area contributed by atoms with Crippen molar-refractivity contribution in [3.63, 3.8) is 0 Å². The average molecular weight is 526 g/mol. The lowest BCUT2D eigenvalue weighted by atomic mass is 9.95. The van der Waals surface area contributed by atoms with Gasteiger partial charge >= 0.3 is 6.01 Å². The molecular formula is C28H24ClN7O2. The number of imidazole rings is 1. The number of aliphatic imine (C=N–C) groups is 1. The lowest BCUT2D eigenvalue weighted by Gasteiger charge is -2.27. The number of nitrogens with one attached hydrogen (secondary N) is 3. The molecule has 3 heterocycles. The zero-order valence-corrected chi connectivity index (χ0v) is 21.5. The minimum absolute atomic E-state index is 0.258. The lowest BCUT2D eigenvalue weighted by Crippen LogP contribution is -2.39. The van der Waals surface area contributed by atoms with E-state index < -0.39 is 6.04 Å². The highest BCUT2D eigenvalue weighted by Gasteiger charge is 2.31. The molecule has 9 nitrogen and oxygen atoms in total. The third-order valence-corrected chi connectivity index (χ3v) is 6.84. The number of nitrogens with zero attached hydrogens (tertiary/aromatic N) is 4. The van der Waals surface area contributed by atoms with Crippen molar-refractivity contribution in [3.05, 3.63) is 100 Å². The van der Waals surface area contributed by atoms with Gasteiger partial charge in [-0.15, -0.1) is 0 Å². The molecule has 1 amide bonds. The van der Waals surface area contributed by atoms with Crippen molar-refractivity contribution in [2.24, 2.45) is 12.0 Å². The summed E-state index contributed by atoms with van der Waals surface area (Å²) < 4.78 is 7.77. The van der Waals surface area contributed by atoms with Crippen LogP contribution in [0.5, 0.6) is 0 Å². The van der Waals surface area contributed by atoms with E-state index in [1.165, 1.54) is 0 Å². The fraction of sp³-hybridized carbons (Fsp3) is 0.143. The summed E-state index contributed by atoms with van der Waals surface area (Å²) in [5.74, 6) is 0.875. The molecule has 3 N–H and O–H groups in total. The summed E-state index contributed by atoms with van der Waals surface area (Å²) >= 11 is 6.57. The first-order valence-corrected chi connectivity index (χ1v) is 12.5. The van der Waals surface area contributed by atoms with Gasteiger partial charge in [0.15, 0.2) is 5.58 Å². The molecule has 3 aromatic carbocycles. The van der Waals surface area contributed by atoms with Crippen LogP contribution in [0.15, 0.2) is 93.5 Å². The molecule has 1 unspecified atom stereocenters. The number of fused-ring (bicyclic) bond motifs is 2. The molecule has 2 aromatic heterocycles. The topological polar surface area (TPSA) is 109 Å². The number of guanidine groups is 1. The number of amides is 1. The second kappa shape index (κ2) is 9.68. The molecule has 0 bridgehead atoms. The summed E-state index contributed by atoms with van der Waals surface area (Å²) in [6, 6.07) is 22.3. The second-order valence-corrected chi connectivity index (χ2v) is 9.34. The van der Waals surface area contributed by atoms with Gasteiger partial charge in [-0.25, -0.2) is 9.98 Å². The van der Waals surface area contributed by atoms with Crippen molar-refractivity contribution in [3.8, 4) is 0 Å². The number of para-hydroxylation sites is 4. The van der Waals surface area contributed by atoms with Crippen molar-refractivity contribution in [2.75, 3.05) is 5.32 Å². The molecule has 10 heteroatoms. The van der Waals surface area contributed by atoms with E-state index in [2.05, 4.69) is 25.9 Å². The van der Waals surface area contributed by atoms with Gasteiger partial charge in [-0.05, 0) is 37.3 Å². The van der Waals surface area contributed by atoms with Gasteiger partial charge in [0.25, 0.3) is 5.91 Å². The highest BCUT2D eigenvalue weighted by Crippen LogP contribution is 2.35. The van der Waals surface area contributed by atoms with Crippen LogP contribution in [0.2, 0.25) is 5.02 Å². The molecule has 0 saturated heterocycles. The number of oxazole rings is 1. The van der Waals surface area contributed by atoms with Crippen molar-refractivity contribution >= 4 is 51.6 Å². The van der Waals surface area contributed by atoms with Gasteiger partial charge in [0.2, 0.25) is 5.96 Å². The number of hydrogen-bond donors (Lipinski definition) is 3. The number of carbonyl (C=O) groups is 1. The Balaban J connectivity index is 1.29. The Hall–Kier alpha value is -4.63. The van der Waals surface area contributed by atoms with E-state index >= 15 is 0 Å². The molecule has 0 radical (unpaired) electrons. The summed E-state index contributed by atoms with van der Waals surface area (Å²) in [7, 11) is 1.93. The minimum Gasteiger partial charge on any atom is -0.423 e. The van der Waals surface area contributed by atoms with Gasteiger partial charge < -0.3 is 19.6 Å². The molecule has 190 valence electrons. The molecule has 1 aliphatic heterocycles. The largest absolute Gasteiger partial charge is 0.423 e. The van der Waals surface area contributed by atoms with Crippen molar-refractivity contribution in [1.82, 2.24) is 25.2 Å². The molecule has 0 fully saturated rings. The standard InChI is InChI=1S/C28H24ClN7O2/c1-16-24(26(37)30-15-23-32-19-11-5-7-13-21(19)36(23)2)25(17-9-3-4-10-18(17)29)34-27(31-16)35-28-33-20-12-6-8-14-22(20)38-28/h3-14,25H,15H2,1-2H3,(H,30,37)(H2,31,33,34,35). The molecule has 5 aromatic rings. The number of hydrogen-bond acceptors (Lipinski definition) is 7. The van der Waals surface area contributed by atoms with Crippen LogP contribution in [-0.4, -0.2) is 26.4 Å². The van der Waals surface area contributed by atoms with Crippen LogP contribution in [0.3, 0.4) is 0 Å². The van der Waals surface area contributed by atoms with E-state index in [4.69, 9.17) is 21.0 Å². The highest BCUT2D eigenvalue weighted by molar-refractivity contribution is 6.31. The fourth-order valence-corrected chi connectivity index (χ4v) is 4.83. The number of rotatable bonds is 5. The lowest BCUT2D eigenvalue weighted by molar-refractivity contribution is -0.118. The van der Waals surface area contributed by atoms with Gasteiger partial charge in [0, 0.05) is 23.3 Å². The molecule has 6 rings (SSSR count). The van der Waals surface area contributed by atoms with Crippen LogP contribution in [-0.2, 0) is 18.4 Å². The molecule has 38 heavy (non-hydrogen) atoms. The predicted octanol–water partition coefficient (Wildman–Crippen LogP) is 5.07. The number of aromatic nitrogens is 3. The van der Waals surface area contributed by atoms with Gasteiger partial charge in [0.05, 0.1) is 23.2 Å². The van der Waals surface area contributed by atoms with Crippen LogP contribution >= 0.6 is 11.6 Å². The first-order valence-electron chi connectivity index (χ1n) is 12.1. The van der Waals surface area contributed by atoms with E-state index in [0.717, 1.165) is 22.4 Å². The number of aryl methyl sites for hydroxylation is 1. The number of anilines is 1. The summed E-state index contributed by atoms with van der Waals surface area (Å²) in [4.78, 5) is 27.5. The Bertz CT molecular complexity index is 1720. The van der Waals surface area contributed by atoms with E-state index in [1.807, 2.05) is 85.3 Å². The molecule has 0 saturated carbocycles. The van der Waals surface area contributed by atoms with Crippen LogP contribution in [0.4, 0.5) is 6.01 Å². The maximum atomic E-state index is 13.6. The number of benzene rings is 3. The SMILES string of the molecule is CC1=C(C(=O)NCc2nc3ccccc3n2C)C(c2ccccc2Cl)N=C(Nc2nc3ccccc3o2)N1. The maximum absolute atomic E-state index is 13.6. The fourth-order valence-electron chi connectivity index (χ4n) is 4.59. The summed E-state index contributed by atoms with van der Waals surface area (Å²) in [6.07, 6.45) is 0. The van der Waals surface area contributed by atoms with Crippen molar-refractivity contribution < 1.29 is 9.21 Å². The third kappa shape index (κ3) is 4.37. The summed E-state index contributed by atoms with van der Waals surface area (Å²) in [5.41, 5.74) is 5.06. The molecule has 1 aliphatic rings. The van der Waals surface area contributed by atoms with Gasteiger partial charge in [-0.3, -0.25) is 10.1 Å². The van der Waals surface area contributed by atoms with Gasteiger partial charge in [0.1, 0.15) is 17.4 Å². The van der Waals surface area contributed by atoms with Crippen LogP contribution < -0.4 is 16.0 Å². The van der Waals surface area contributed by atoms with Gasteiger partial charge in [-0.2, -0.15) is 4.98 Å². The zero-order valence-electron chi connectivity index (χ0n) is 20.7. The molecular weight excluding hydrogens is 502 g/mol. The van der Waals surface area contributed by atoms with E-state index in [9.17, 15) is 4.79 Å². The number of carbonyl (C=O) groups excluding carboxylic acids is 1. The Morgan fingerprint density at radius 3 is 2.55 bits per heavy atom. The first-order chi connectivity index (χ1) is 18.5.